The Bertz CT molecular complexity index is 1540. The average Bonchev–Trinajstić information content (AvgIpc) is 3.22. The van der Waals surface area contributed by atoms with Crippen LogP contribution >= 0.6 is 0 Å². The van der Waals surface area contributed by atoms with E-state index in [4.69, 9.17) is 4.74 Å². The number of hydrogen-bond donors (Lipinski definition) is 2. The molecule has 1 aliphatic rings. The van der Waals surface area contributed by atoms with Gasteiger partial charge >= 0.3 is 5.97 Å². The van der Waals surface area contributed by atoms with Crippen LogP contribution in [0.25, 0.3) is 11.3 Å². The van der Waals surface area contributed by atoms with Gasteiger partial charge in [0.2, 0.25) is 20.0 Å². The molecule has 242 valence electrons. The molecule has 0 aliphatic heterocycles. The third kappa shape index (κ3) is 8.49. The maximum atomic E-state index is 13.7. The number of benzene rings is 1. The van der Waals surface area contributed by atoms with Crippen molar-refractivity contribution in [1.82, 2.24) is 14.0 Å². The molecule has 1 aromatic heterocycles. The molecular weight excluding hydrogens is 587 g/mol. The Kier molecular flexibility index (Phi) is 10.4. The summed E-state index contributed by atoms with van der Waals surface area (Å²) in [5.41, 5.74) is 0.497. The first-order chi connectivity index (χ1) is 19.6. The van der Waals surface area contributed by atoms with Crippen LogP contribution in [-0.4, -0.2) is 46.6 Å². The molecule has 2 N–H and O–H groups in total. The standard InChI is InChI=1S/C32H51N3O6S2/c1-22-28(42(37,38)33-21-32(8,9)29(36)41-10)19-26(35(22)20-23-14-12-11-13-15-23)24-16-17-27(25(18-24)30(2,3)4)43(39,40)34-31(5,6)7/h16-19,23,33-34H,11-15,20-21H2,1-10H3. The minimum Gasteiger partial charge on any atom is -0.469 e. The Hall–Kier alpha value is -2.21. The molecule has 1 heterocycles. The monoisotopic (exact) mass is 637 g/mol. The zero-order valence-corrected chi connectivity index (χ0v) is 29.2. The number of rotatable bonds is 10. The molecule has 0 atom stereocenters. The van der Waals surface area contributed by atoms with Gasteiger partial charge in [-0.2, -0.15) is 0 Å². The first kappa shape index (κ1) is 35.3. The molecule has 3 rings (SSSR count). The summed E-state index contributed by atoms with van der Waals surface area (Å²) < 4.78 is 66.6. The van der Waals surface area contributed by atoms with Crippen LogP contribution in [0.1, 0.15) is 98.8 Å². The fourth-order valence-electron chi connectivity index (χ4n) is 5.66. The Balaban J connectivity index is 2.18. The van der Waals surface area contributed by atoms with Crippen molar-refractivity contribution in [2.75, 3.05) is 13.7 Å². The second-order valence-electron chi connectivity index (χ2n) is 14.6. The molecule has 0 radical (unpaired) electrons. The first-order valence-corrected chi connectivity index (χ1v) is 18.0. The van der Waals surface area contributed by atoms with E-state index in [2.05, 4.69) is 14.0 Å². The van der Waals surface area contributed by atoms with Crippen LogP contribution in [0.15, 0.2) is 34.1 Å². The number of carbonyl (C=O) groups excluding carboxylic acids is 1. The van der Waals surface area contributed by atoms with Gasteiger partial charge in [-0.15, -0.1) is 0 Å². The van der Waals surface area contributed by atoms with Gasteiger partial charge < -0.3 is 9.30 Å². The maximum Gasteiger partial charge on any atom is 0.312 e. The highest BCUT2D eigenvalue weighted by atomic mass is 32.2. The molecule has 0 amide bonds. The van der Waals surface area contributed by atoms with Gasteiger partial charge in [-0.1, -0.05) is 46.1 Å². The lowest BCUT2D eigenvalue weighted by molar-refractivity contribution is -0.150. The van der Waals surface area contributed by atoms with Crippen LogP contribution in [0.2, 0.25) is 0 Å². The smallest absolute Gasteiger partial charge is 0.312 e. The van der Waals surface area contributed by atoms with Crippen molar-refractivity contribution in [3.05, 3.63) is 35.5 Å². The molecule has 0 unspecified atom stereocenters. The number of nitrogens with one attached hydrogen (secondary N) is 2. The van der Waals surface area contributed by atoms with Crippen LogP contribution in [0.4, 0.5) is 0 Å². The third-order valence-corrected chi connectivity index (χ3v) is 11.4. The van der Waals surface area contributed by atoms with Crippen LogP contribution in [0, 0.1) is 18.3 Å². The molecule has 1 fully saturated rings. The minimum atomic E-state index is -3.99. The Morgan fingerprint density at radius 1 is 0.907 bits per heavy atom. The molecule has 1 saturated carbocycles. The van der Waals surface area contributed by atoms with Gasteiger partial charge in [0.15, 0.2) is 0 Å². The van der Waals surface area contributed by atoms with Gasteiger partial charge in [0.25, 0.3) is 0 Å². The number of sulfonamides is 2. The number of ether oxygens (including phenoxy) is 1. The number of esters is 1. The van der Waals surface area contributed by atoms with E-state index in [1.165, 1.54) is 13.5 Å². The Morgan fingerprint density at radius 3 is 2.05 bits per heavy atom. The van der Waals surface area contributed by atoms with Crippen molar-refractivity contribution < 1.29 is 26.4 Å². The third-order valence-electron chi connectivity index (χ3n) is 8.03. The minimum absolute atomic E-state index is 0.119. The number of nitrogens with zero attached hydrogens (tertiary/aromatic N) is 1. The van der Waals surface area contributed by atoms with Crippen molar-refractivity contribution in [2.45, 2.75) is 122 Å². The number of methoxy groups -OCH3 is 1. The molecule has 0 spiro atoms. The van der Waals surface area contributed by atoms with E-state index in [1.54, 1.807) is 52.8 Å². The van der Waals surface area contributed by atoms with E-state index in [9.17, 15) is 21.6 Å². The Labute approximate surface area is 259 Å². The molecular formula is C32H51N3O6S2. The van der Waals surface area contributed by atoms with E-state index in [0.29, 0.717) is 29.4 Å². The van der Waals surface area contributed by atoms with Crippen molar-refractivity contribution in [3.8, 4) is 11.3 Å². The van der Waals surface area contributed by atoms with E-state index >= 15 is 0 Å². The second-order valence-corrected chi connectivity index (χ2v) is 18.0. The second kappa shape index (κ2) is 12.7. The summed E-state index contributed by atoms with van der Waals surface area (Å²) in [6.45, 7) is 16.9. The van der Waals surface area contributed by atoms with Crippen molar-refractivity contribution in [3.63, 3.8) is 0 Å². The molecule has 11 heteroatoms. The van der Waals surface area contributed by atoms with Gasteiger partial charge in [-0.25, -0.2) is 26.3 Å². The molecule has 1 aromatic carbocycles. The lowest BCUT2D eigenvalue weighted by Crippen LogP contribution is -2.41. The van der Waals surface area contributed by atoms with Gasteiger partial charge in [-0.05, 0) is 95.0 Å². The summed E-state index contributed by atoms with van der Waals surface area (Å²) in [5.74, 6) is -0.0914. The fraction of sp³-hybridized carbons (Fsp3) is 0.656. The van der Waals surface area contributed by atoms with Gasteiger partial charge in [0, 0.05) is 30.0 Å². The number of carbonyl (C=O) groups is 1. The summed E-state index contributed by atoms with van der Waals surface area (Å²) >= 11 is 0. The van der Waals surface area contributed by atoms with E-state index < -0.39 is 42.4 Å². The largest absolute Gasteiger partial charge is 0.469 e. The average molecular weight is 638 g/mol. The molecule has 9 nitrogen and oxygen atoms in total. The van der Waals surface area contributed by atoms with Crippen LogP contribution < -0.4 is 9.44 Å². The Morgan fingerprint density at radius 2 is 1.51 bits per heavy atom. The number of hydrogen-bond acceptors (Lipinski definition) is 6. The topological polar surface area (TPSA) is 124 Å². The molecule has 2 aromatic rings. The summed E-state index contributed by atoms with van der Waals surface area (Å²) in [7, 11) is -6.53. The van der Waals surface area contributed by atoms with Crippen LogP contribution in [-0.2, 0) is 41.5 Å². The maximum absolute atomic E-state index is 13.7. The van der Waals surface area contributed by atoms with E-state index in [0.717, 1.165) is 31.2 Å². The summed E-state index contributed by atoms with van der Waals surface area (Å²) in [6.07, 6.45) is 5.66. The molecule has 0 saturated heterocycles. The lowest BCUT2D eigenvalue weighted by atomic mass is 9.85. The molecule has 43 heavy (non-hydrogen) atoms. The summed E-state index contributed by atoms with van der Waals surface area (Å²) in [4.78, 5) is 12.5. The van der Waals surface area contributed by atoms with Crippen molar-refractivity contribution >= 4 is 26.0 Å². The zero-order chi connectivity index (χ0) is 32.6. The normalized spacial score (nSPS) is 16.0. The van der Waals surface area contributed by atoms with Crippen molar-refractivity contribution in [2.24, 2.45) is 11.3 Å². The summed E-state index contributed by atoms with van der Waals surface area (Å²) in [5, 5.41) is 0. The lowest BCUT2D eigenvalue weighted by Gasteiger charge is -2.27. The van der Waals surface area contributed by atoms with Crippen LogP contribution in [0.3, 0.4) is 0 Å². The van der Waals surface area contributed by atoms with E-state index in [-0.39, 0.29) is 16.3 Å². The number of aromatic nitrogens is 1. The molecule has 1 aliphatic carbocycles. The SMILES string of the molecule is COC(=O)C(C)(C)CNS(=O)(=O)c1cc(-c2ccc(S(=O)(=O)NC(C)(C)C)c(C(C)(C)C)c2)n(CC2CCCCC2)c1C. The van der Waals surface area contributed by atoms with E-state index in [1.807, 2.05) is 33.8 Å². The first-order valence-electron chi connectivity index (χ1n) is 15.1. The highest BCUT2D eigenvalue weighted by Gasteiger charge is 2.34. The summed E-state index contributed by atoms with van der Waals surface area (Å²) in [6, 6.07) is 6.95. The predicted octanol–water partition coefficient (Wildman–Crippen LogP) is 5.90. The molecule has 0 bridgehead atoms. The fourth-order valence-corrected chi connectivity index (χ4v) is 8.95. The van der Waals surface area contributed by atoms with Crippen molar-refractivity contribution in [1.29, 1.82) is 0 Å². The highest BCUT2D eigenvalue weighted by molar-refractivity contribution is 7.89. The van der Waals surface area contributed by atoms with Gasteiger partial charge in [-0.3, -0.25) is 4.79 Å². The highest BCUT2D eigenvalue weighted by Crippen LogP contribution is 2.37. The van der Waals surface area contributed by atoms with Gasteiger partial charge in [0.05, 0.1) is 17.4 Å². The quantitative estimate of drug-likeness (QED) is 0.313. The van der Waals surface area contributed by atoms with Crippen LogP contribution in [0.5, 0.6) is 0 Å². The van der Waals surface area contributed by atoms with Gasteiger partial charge in [0.1, 0.15) is 4.90 Å². The zero-order valence-electron chi connectivity index (χ0n) is 27.5. The predicted molar refractivity (Wildman–Crippen MR) is 171 cm³/mol.